The van der Waals surface area contributed by atoms with Gasteiger partial charge in [0.05, 0.1) is 0 Å². The highest BCUT2D eigenvalue weighted by molar-refractivity contribution is 5.77. The van der Waals surface area contributed by atoms with Crippen LogP contribution in [0.1, 0.15) is 37.8 Å². The first kappa shape index (κ1) is 17.5. The van der Waals surface area contributed by atoms with Crippen molar-refractivity contribution in [1.82, 2.24) is 4.90 Å². The summed E-state index contributed by atoms with van der Waals surface area (Å²) in [6.07, 6.45) is 9.96. The summed E-state index contributed by atoms with van der Waals surface area (Å²) in [5, 5.41) is 0. The van der Waals surface area contributed by atoms with Crippen LogP contribution in [-0.2, 0) is 6.42 Å². The maximum absolute atomic E-state index is 3.36. The van der Waals surface area contributed by atoms with Gasteiger partial charge in [-0.15, -0.1) is 6.58 Å². The molecule has 21 heavy (non-hydrogen) atoms. The average Bonchev–Trinajstić information content (AvgIpc) is 2.60. The second-order valence-corrected chi connectivity index (χ2v) is 5.81. The zero-order valence-corrected chi connectivity index (χ0v) is 14.0. The summed E-state index contributed by atoms with van der Waals surface area (Å²) in [6.45, 7) is 8.60. The molecule has 0 atom stereocenters. The minimum atomic E-state index is 1.11. The third-order valence-electron chi connectivity index (χ3n) is 3.46. The van der Waals surface area contributed by atoms with Gasteiger partial charge in [0, 0.05) is 6.54 Å². The van der Waals surface area contributed by atoms with Crippen molar-refractivity contribution in [2.45, 2.75) is 33.1 Å². The van der Waals surface area contributed by atoms with Crippen LogP contribution in [0.2, 0.25) is 0 Å². The predicted octanol–water partition coefficient (Wildman–Crippen LogP) is 5.11. The Balaban J connectivity index is 0.000000677. The lowest BCUT2D eigenvalue weighted by molar-refractivity contribution is 0.417. The van der Waals surface area contributed by atoms with E-state index >= 15 is 0 Å². The third kappa shape index (κ3) is 6.14. The van der Waals surface area contributed by atoms with E-state index in [0.717, 1.165) is 13.0 Å². The predicted molar refractivity (Wildman–Crippen MR) is 95.5 cm³/mol. The molecule has 0 saturated heterocycles. The first-order chi connectivity index (χ1) is 10.1. The van der Waals surface area contributed by atoms with Gasteiger partial charge < -0.3 is 4.90 Å². The van der Waals surface area contributed by atoms with Crippen LogP contribution in [0.3, 0.4) is 0 Å². The van der Waals surface area contributed by atoms with E-state index in [1.165, 1.54) is 35.1 Å². The first-order valence-corrected chi connectivity index (χ1v) is 7.75. The van der Waals surface area contributed by atoms with E-state index in [2.05, 4.69) is 68.9 Å². The molecule has 0 fully saturated rings. The van der Waals surface area contributed by atoms with Gasteiger partial charge in [-0.2, -0.15) is 0 Å². The summed E-state index contributed by atoms with van der Waals surface area (Å²) >= 11 is 0. The van der Waals surface area contributed by atoms with Crippen molar-refractivity contribution in [3.05, 3.63) is 65.8 Å². The van der Waals surface area contributed by atoms with E-state index < -0.39 is 0 Å². The molecule has 0 radical (unpaired) electrons. The third-order valence-corrected chi connectivity index (χ3v) is 3.46. The molecule has 0 unspecified atom stereocenters. The Hall–Kier alpha value is -1.60. The number of fused-ring (bicyclic) bond motifs is 1. The highest BCUT2D eigenvalue weighted by Gasteiger charge is 2.10. The fourth-order valence-corrected chi connectivity index (χ4v) is 2.41. The van der Waals surface area contributed by atoms with Gasteiger partial charge >= 0.3 is 0 Å². The average molecular weight is 283 g/mol. The smallest absolute Gasteiger partial charge is 0.00101 e. The van der Waals surface area contributed by atoms with E-state index in [4.69, 9.17) is 0 Å². The Labute approximate surface area is 130 Å². The minimum absolute atomic E-state index is 1.11. The second kappa shape index (κ2) is 9.36. The van der Waals surface area contributed by atoms with E-state index in [9.17, 15) is 0 Å². The number of aryl methyl sites for hydroxylation is 1. The van der Waals surface area contributed by atoms with Crippen molar-refractivity contribution in [1.29, 1.82) is 0 Å². The van der Waals surface area contributed by atoms with Crippen molar-refractivity contribution in [3.63, 3.8) is 0 Å². The molecule has 2 rings (SSSR count). The van der Waals surface area contributed by atoms with Gasteiger partial charge in [-0.3, -0.25) is 0 Å². The van der Waals surface area contributed by atoms with Gasteiger partial charge in [-0.05, 0) is 63.9 Å². The molecular formula is C20H29N. The molecule has 1 aromatic carbocycles. The Morgan fingerprint density at radius 2 is 1.86 bits per heavy atom. The molecule has 114 valence electrons. The van der Waals surface area contributed by atoms with Crippen LogP contribution in [0.4, 0.5) is 0 Å². The standard InChI is InChI=1S/C17H23N.C3H6/c1-14-10-11-15-7-4-5-9-17(15)16(13-14)8-6-12-18(2)3;1-3-2/h4-5,7-9,13H,6,10-12H2,1-3H3;3H,1H2,2H3/b16-8-;. The van der Waals surface area contributed by atoms with Gasteiger partial charge in [0.2, 0.25) is 0 Å². The van der Waals surface area contributed by atoms with E-state index in [1.54, 1.807) is 6.08 Å². The van der Waals surface area contributed by atoms with Crippen LogP contribution in [0.15, 0.2) is 54.6 Å². The topological polar surface area (TPSA) is 3.24 Å². The molecule has 1 heteroatoms. The molecule has 0 spiro atoms. The Bertz CT molecular complexity index is 506. The molecule has 0 amide bonds. The number of allylic oxidation sites excluding steroid dienone is 4. The van der Waals surface area contributed by atoms with E-state index in [1.807, 2.05) is 6.92 Å². The van der Waals surface area contributed by atoms with Gasteiger partial charge in [-0.1, -0.05) is 48.1 Å². The first-order valence-electron chi connectivity index (χ1n) is 7.75. The molecule has 1 aliphatic rings. The SMILES string of the molecule is C=CC.CC1=C/C(=C/CCN(C)C)c2ccccc2CC1. The van der Waals surface area contributed by atoms with Crippen molar-refractivity contribution in [2.24, 2.45) is 0 Å². The quantitative estimate of drug-likeness (QED) is 0.697. The number of hydrogen-bond donors (Lipinski definition) is 0. The summed E-state index contributed by atoms with van der Waals surface area (Å²) in [5.74, 6) is 0. The number of hydrogen-bond acceptors (Lipinski definition) is 1. The highest BCUT2D eigenvalue weighted by atomic mass is 15.0. The normalized spacial score (nSPS) is 15.7. The Morgan fingerprint density at radius 3 is 2.52 bits per heavy atom. The fraction of sp³-hybridized carbons (Fsp3) is 0.400. The largest absolute Gasteiger partial charge is 0.309 e. The molecule has 1 aromatic rings. The zero-order valence-electron chi connectivity index (χ0n) is 14.0. The number of nitrogens with zero attached hydrogens (tertiary/aromatic N) is 1. The summed E-state index contributed by atoms with van der Waals surface area (Å²) in [4.78, 5) is 2.23. The molecule has 0 N–H and O–H groups in total. The summed E-state index contributed by atoms with van der Waals surface area (Å²) in [5.41, 5.74) is 5.81. The van der Waals surface area contributed by atoms with Crippen LogP contribution in [0, 0.1) is 0 Å². The van der Waals surface area contributed by atoms with Gasteiger partial charge in [0.15, 0.2) is 0 Å². The lowest BCUT2D eigenvalue weighted by atomic mass is 9.98. The molecule has 0 aromatic heterocycles. The summed E-state index contributed by atoms with van der Waals surface area (Å²) in [6, 6.07) is 8.82. The zero-order chi connectivity index (χ0) is 15.7. The van der Waals surface area contributed by atoms with E-state index in [0.29, 0.717) is 0 Å². The lowest BCUT2D eigenvalue weighted by Gasteiger charge is -2.09. The maximum atomic E-state index is 3.36. The van der Waals surface area contributed by atoms with Gasteiger partial charge in [-0.25, -0.2) is 0 Å². The molecule has 0 saturated carbocycles. The van der Waals surface area contributed by atoms with Crippen LogP contribution in [0.25, 0.3) is 5.57 Å². The number of rotatable bonds is 3. The maximum Gasteiger partial charge on any atom is 0.00101 e. The number of benzene rings is 1. The Morgan fingerprint density at radius 1 is 1.19 bits per heavy atom. The molecule has 0 aliphatic heterocycles. The van der Waals surface area contributed by atoms with Crippen molar-refractivity contribution in [3.8, 4) is 0 Å². The van der Waals surface area contributed by atoms with Crippen LogP contribution < -0.4 is 0 Å². The molecule has 1 aliphatic carbocycles. The lowest BCUT2D eigenvalue weighted by Crippen LogP contribution is -2.11. The molecule has 0 heterocycles. The fourth-order valence-electron chi connectivity index (χ4n) is 2.41. The van der Waals surface area contributed by atoms with E-state index in [-0.39, 0.29) is 0 Å². The van der Waals surface area contributed by atoms with Crippen LogP contribution >= 0.6 is 0 Å². The van der Waals surface area contributed by atoms with Crippen LogP contribution in [0.5, 0.6) is 0 Å². The van der Waals surface area contributed by atoms with Crippen molar-refractivity contribution >= 4 is 5.57 Å². The highest BCUT2D eigenvalue weighted by Crippen LogP contribution is 2.28. The summed E-state index contributed by atoms with van der Waals surface area (Å²) in [7, 11) is 4.25. The van der Waals surface area contributed by atoms with Crippen LogP contribution in [-0.4, -0.2) is 25.5 Å². The van der Waals surface area contributed by atoms with Crippen molar-refractivity contribution in [2.75, 3.05) is 20.6 Å². The molecule has 0 bridgehead atoms. The monoisotopic (exact) mass is 283 g/mol. The molecule has 1 nitrogen and oxygen atoms in total. The van der Waals surface area contributed by atoms with Crippen molar-refractivity contribution < 1.29 is 0 Å². The Kier molecular flexibility index (Phi) is 7.78. The molecular weight excluding hydrogens is 254 g/mol. The second-order valence-electron chi connectivity index (χ2n) is 5.81. The van der Waals surface area contributed by atoms with Gasteiger partial charge in [0.1, 0.15) is 0 Å². The van der Waals surface area contributed by atoms with Gasteiger partial charge in [0.25, 0.3) is 0 Å². The summed E-state index contributed by atoms with van der Waals surface area (Å²) < 4.78 is 0. The minimum Gasteiger partial charge on any atom is -0.309 e.